The zero-order valence-corrected chi connectivity index (χ0v) is 8.98. The van der Waals surface area contributed by atoms with Crippen LogP contribution in [-0.2, 0) is 6.42 Å². The number of fused-ring (bicyclic) bond motifs is 3. The lowest BCUT2D eigenvalue weighted by molar-refractivity contribution is 0.0996. The molecule has 0 saturated heterocycles. The number of aryl methyl sites for hydroxylation is 3. The van der Waals surface area contributed by atoms with E-state index in [-0.39, 0.29) is 0 Å². The molecule has 0 unspecified atom stereocenters. The molecule has 1 aromatic carbocycles. The van der Waals surface area contributed by atoms with E-state index in [1.165, 1.54) is 11.1 Å². The second-order valence-electron chi connectivity index (χ2n) is 4.41. The first-order chi connectivity index (χ1) is 7.16. The summed E-state index contributed by atoms with van der Waals surface area (Å²) in [5.41, 5.74) is 5.66. The van der Waals surface area contributed by atoms with Crippen LogP contribution >= 0.6 is 0 Å². The number of benzene rings is 1. The maximum absolute atomic E-state index is 11.7. The molecular weight excluding hydrogens is 186 g/mol. The van der Waals surface area contributed by atoms with Crippen molar-refractivity contribution in [1.29, 1.82) is 0 Å². The molecule has 1 aromatic heterocycles. The van der Waals surface area contributed by atoms with Gasteiger partial charge >= 0.3 is 0 Å². The number of carbonyl (C=O) groups excluding carboxylic acids is 1. The molecule has 0 fully saturated rings. The molecule has 2 nitrogen and oxygen atoms in total. The maximum Gasteiger partial charge on any atom is 0.165 e. The summed E-state index contributed by atoms with van der Waals surface area (Å²) in [4.78, 5) is 15.1. The minimum atomic E-state index is 0.293. The first kappa shape index (κ1) is 8.72. The van der Waals surface area contributed by atoms with Gasteiger partial charge in [-0.3, -0.25) is 4.79 Å². The number of rotatable bonds is 0. The summed E-state index contributed by atoms with van der Waals surface area (Å²) in [7, 11) is 0. The molecule has 1 heterocycles. The number of carbonyl (C=O) groups is 1. The van der Waals surface area contributed by atoms with Gasteiger partial charge in [0.1, 0.15) is 0 Å². The zero-order chi connectivity index (χ0) is 10.6. The summed E-state index contributed by atoms with van der Waals surface area (Å²) in [6.45, 7) is 4.16. The minimum Gasteiger partial charge on any atom is -0.358 e. The van der Waals surface area contributed by atoms with Crippen LogP contribution < -0.4 is 0 Å². The third-order valence-electron chi connectivity index (χ3n) is 3.21. The van der Waals surface area contributed by atoms with Gasteiger partial charge in [-0.15, -0.1) is 0 Å². The number of hydrogen-bond acceptors (Lipinski definition) is 1. The zero-order valence-electron chi connectivity index (χ0n) is 8.98. The first-order valence-electron chi connectivity index (χ1n) is 5.32. The summed E-state index contributed by atoms with van der Waals surface area (Å²) in [5.74, 6) is 0.293. The lowest BCUT2D eigenvalue weighted by atomic mass is 10.0. The topological polar surface area (TPSA) is 32.9 Å². The number of hydrogen-bond donors (Lipinski definition) is 1. The standard InChI is InChI=1S/C13H13NO/c1-7-5-8(2)13-9(6-7)12-10(14-13)3-4-11(12)15/h5-6,14H,3-4H2,1-2H3. The number of ketones is 1. The molecular formula is C13H13NO. The van der Waals surface area contributed by atoms with Crippen LogP contribution in [0.4, 0.5) is 0 Å². The normalized spacial score (nSPS) is 14.9. The average Bonchev–Trinajstić information content (AvgIpc) is 2.68. The van der Waals surface area contributed by atoms with Crippen LogP contribution in [0.5, 0.6) is 0 Å². The van der Waals surface area contributed by atoms with Gasteiger partial charge in [-0.25, -0.2) is 0 Å². The van der Waals surface area contributed by atoms with Gasteiger partial charge in [0.25, 0.3) is 0 Å². The molecule has 0 spiro atoms. The lowest BCUT2D eigenvalue weighted by Gasteiger charge is -2.00. The van der Waals surface area contributed by atoms with Crippen molar-refractivity contribution in [2.75, 3.05) is 0 Å². The number of Topliss-reactive ketones (excluding diaryl/α,β-unsaturated/α-hetero) is 1. The van der Waals surface area contributed by atoms with Crippen LogP contribution in [0.3, 0.4) is 0 Å². The molecule has 0 aliphatic heterocycles. The van der Waals surface area contributed by atoms with Gasteiger partial charge in [-0.05, 0) is 31.9 Å². The summed E-state index contributed by atoms with van der Waals surface area (Å²) in [5, 5.41) is 1.12. The highest BCUT2D eigenvalue weighted by atomic mass is 16.1. The van der Waals surface area contributed by atoms with E-state index in [0.29, 0.717) is 12.2 Å². The third-order valence-corrected chi connectivity index (χ3v) is 3.21. The summed E-state index contributed by atoms with van der Waals surface area (Å²) < 4.78 is 0. The van der Waals surface area contributed by atoms with Crippen LogP contribution in [0, 0.1) is 13.8 Å². The Bertz CT molecular complexity index is 578. The molecule has 1 aliphatic carbocycles. The molecule has 15 heavy (non-hydrogen) atoms. The van der Waals surface area contributed by atoms with Gasteiger partial charge in [-0.2, -0.15) is 0 Å². The summed E-state index contributed by atoms with van der Waals surface area (Å²) >= 11 is 0. The number of aromatic amines is 1. The van der Waals surface area contributed by atoms with Crippen molar-refractivity contribution in [3.8, 4) is 0 Å². The highest BCUT2D eigenvalue weighted by Gasteiger charge is 2.24. The van der Waals surface area contributed by atoms with Gasteiger partial charge in [0.15, 0.2) is 5.78 Å². The van der Waals surface area contributed by atoms with E-state index in [1.807, 2.05) is 0 Å². The molecule has 3 rings (SSSR count). The highest BCUT2D eigenvalue weighted by molar-refractivity contribution is 6.12. The van der Waals surface area contributed by atoms with Crippen molar-refractivity contribution >= 4 is 16.7 Å². The second-order valence-corrected chi connectivity index (χ2v) is 4.41. The molecule has 76 valence electrons. The molecule has 0 bridgehead atoms. The Kier molecular flexibility index (Phi) is 1.58. The molecule has 0 atom stereocenters. The summed E-state index contributed by atoms with van der Waals surface area (Å²) in [6.07, 6.45) is 1.55. The van der Waals surface area contributed by atoms with Crippen molar-refractivity contribution in [3.05, 3.63) is 34.5 Å². The van der Waals surface area contributed by atoms with Crippen molar-refractivity contribution in [2.45, 2.75) is 26.7 Å². The fourth-order valence-corrected chi connectivity index (χ4v) is 2.58. The average molecular weight is 199 g/mol. The van der Waals surface area contributed by atoms with Crippen LogP contribution in [0.25, 0.3) is 10.9 Å². The van der Waals surface area contributed by atoms with Crippen LogP contribution in [0.2, 0.25) is 0 Å². The van der Waals surface area contributed by atoms with Gasteiger partial charge in [0.05, 0.1) is 0 Å². The third kappa shape index (κ3) is 1.08. The van der Waals surface area contributed by atoms with E-state index >= 15 is 0 Å². The second kappa shape index (κ2) is 2.72. The minimum absolute atomic E-state index is 0.293. The fraction of sp³-hybridized carbons (Fsp3) is 0.308. The van der Waals surface area contributed by atoms with Crippen molar-refractivity contribution < 1.29 is 4.79 Å². The van der Waals surface area contributed by atoms with Gasteiger partial charge in [0, 0.05) is 28.6 Å². The maximum atomic E-state index is 11.7. The van der Waals surface area contributed by atoms with E-state index in [0.717, 1.165) is 28.6 Å². The molecule has 1 aliphatic rings. The van der Waals surface area contributed by atoms with Gasteiger partial charge in [0.2, 0.25) is 0 Å². The number of nitrogens with one attached hydrogen (secondary N) is 1. The van der Waals surface area contributed by atoms with E-state index in [4.69, 9.17) is 0 Å². The number of aromatic nitrogens is 1. The molecule has 2 aromatic rings. The van der Waals surface area contributed by atoms with E-state index < -0.39 is 0 Å². The predicted octanol–water partition coefficient (Wildman–Crippen LogP) is 2.91. The van der Waals surface area contributed by atoms with E-state index in [1.54, 1.807) is 0 Å². The Balaban J connectivity index is 2.47. The lowest BCUT2D eigenvalue weighted by Crippen LogP contribution is -1.90. The quantitative estimate of drug-likeness (QED) is 0.695. The summed E-state index contributed by atoms with van der Waals surface area (Å²) in [6, 6.07) is 4.26. The first-order valence-corrected chi connectivity index (χ1v) is 5.32. The Hall–Kier alpha value is -1.57. The van der Waals surface area contributed by atoms with Crippen LogP contribution in [-0.4, -0.2) is 10.8 Å². The van der Waals surface area contributed by atoms with Crippen molar-refractivity contribution in [3.63, 3.8) is 0 Å². The van der Waals surface area contributed by atoms with Gasteiger partial charge < -0.3 is 4.98 Å². The number of H-pyrrole nitrogens is 1. The van der Waals surface area contributed by atoms with Crippen LogP contribution in [0.15, 0.2) is 12.1 Å². The van der Waals surface area contributed by atoms with E-state index in [9.17, 15) is 4.79 Å². The van der Waals surface area contributed by atoms with Crippen LogP contribution in [0.1, 0.15) is 33.6 Å². The van der Waals surface area contributed by atoms with E-state index in [2.05, 4.69) is 31.0 Å². The molecule has 0 amide bonds. The van der Waals surface area contributed by atoms with Crippen molar-refractivity contribution in [1.82, 2.24) is 4.98 Å². The largest absolute Gasteiger partial charge is 0.358 e. The smallest absolute Gasteiger partial charge is 0.165 e. The van der Waals surface area contributed by atoms with Crippen molar-refractivity contribution in [2.24, 2.45) is 0 Å². The fourth-order valence-electron chi connectivity index (χ4n) is 2.58. The Morgan fingerprint density at radius 1 is 1.20 bits per heavy atom. The molecule has 0 radical (unpaired) electrons. The van der Waals surface area contributed by atoms with Gasteiger partial charge in [-0.1, -0.05) is 11.6 Å². The Morgan fingerprint density at radius 3 is 2.80 bits per heavy atom. The molecule has 1 N–H and O–H groups in total. The monoisotopic (exact) mass is 199 g/mol. The predicted molar refractivity (Wildman–Crippen MR) is 60.4 cm³/mol. The highest BCUT2D eigenvalue weighted by Crippen LogP contribution is 2.32. The molecule has 0 saturated carbocycles. The Morgan fingerprint density at radius 2 is 2.00 bits per heavy atom. The SMILES string of the molecule is Cc1cc(C)c2[nH]c3c(c2c1)C(=O)CC3. The Labute approximate surface area is 88.3 Å². The molecule has 2 heteroatoms.